The largest absolute Gasteiger partial charge is 0.453 e. The van der Waals surface area contributed by atoms with Crippen LogP contribution in [0.2, 0.25) is 0 Å². The molecule has 0 aliphatic rings. The van der Waals surface area contributed by atoms with Gasteiger partial charge in [0.05, 0.1) is 13.7 Å². The molecule has 0 radical (unpaired) electrons. The first-order valence-corrected chi connectivity index (χ1v) is 11.2. The van der Waals surface area contributed by atoms with Gasteiger partial charge < -0.3 is 14.7 Å². The average Bonchev–Trinajstić information content (AvgIpc) is 2.66. The second-order valence-corrected chi connectivity index (χ2v) is 7.48. The van der Waals surface area contributed by atoms with Crippen LogP contribution in [0, 0.1) is 0 Å². The molecule has 0 aliphatic carbocycles. The van der Waals surface area contributed by atoms with Crippen LogP contribution in [0.15, 0.2) is 0 Å². The lowest BCUT2D eigenvalue weighted by Gasteiger charge is -2.19. The maximum absolute atomic E-state index is 11.5. The number of amides is 1. The highest BCUT2D eigenvalue weighted by Crippen LogP contribution is 2.13. The molecule has 0 atom stereocenters. The molecule has 0 heterocycles. The highest BCUT2D eigenvalue weighted by atomic mass is 16.5. The number of aliphatic hydroxyl groups is 1. The van der Waals surface area contributed by atoms with Crippen LogP contribution in [-0.2, 0) is 4.74 Å². The Bertz CT molecular complexity index is 297. The third-order valence-electron chi connectivity index (χ3n) is 5.08. The molecule has 0 spiro atoms. The first-order valence-electron chi connectivity index (χ1n) is 11.2. The van der Waals surface area contributed by atoms with Crippen molar-refractivity contribution in [3.63, 3.8) is 0 Å². The van der Waals surface area contributed by atoms with Gasteiger partial charge in [0.1, 0.15) is 0 Å². The lowest BCUT2D eigenvalue weighted by molar-refractivity contribution is 0.112. The maximum Gasteiger partial charge on any atom is 0.409 e. The van der Waals surface area contributed by atoms with Crippen LogP contribution in [0.5, 0.6) is 0 Å². The summed E-state index contributed by atoms with van der Waals surface area (Å²) in [5.74, 6) is 0. The van der Waals surface area contributed by atoms with E-state index in [1.807, 2.05) is 0 Å². The predicted molar refractivity (Wildman–Crippen MR) is 111 cm³/mol. The highest BCUT2D eigenvalue weighted by Gasteiger charge is 2.11. The molecular weight excluding hydrogens is 326 g/mol. The van der Waals surface area contributed by atoms with Crippen LogP contribution in [-0.4, -0.2) is 42.9 Å². The molecule has 0 aliphatic heterocycles. The number of hydrogen-bond acceptors (Lipinski definition) is 3. The Kier molecular flexibility index (Phi) is 19.9. The number of ether oxygens (including phenoxy) is 1. The minimum atomic E-state index is -0.333. The average molecular weight is 372 g/mol. The summed E-state index contributed by atoms with van der Waals surface area (Å²) in [5, 5.41) is 8.97. The van der Waals surface area contributed by atoms with Crippen molar-refractivity contribution in [3.05, 3.63) is 0 Å². The van der Waals surface area contributed by atoms with Crippen molar-refractivity contribution in [3.8, 4) is 0 Å². The zero-order chi connectivity index (χ0) is 19.3. The molecule has 4 heteroatoms. The Morgan fingerprint density at radius 2 is 1.08 bits per heavy atom. The summed E-state index contributed by atoms with van der Waals surface area (Å²) >= 11 is 0. The van der Waals surface area contributed by atoms with Crippen molar-refractivity contribution in [2.75, 3.05) is 26.8 Å². The van der Waals surface area contributed by atoms with E-state index >= 15 is 0 Å². The second kappa shape index (κ2) is 20.5. The number of hydrogen-bond donors (Lipinski definition) is 1. The SMILES string of the molecule is CCCCCCCCCCCCCCCCCCN(CCO)C(=O)OC. The van der Waals surface area contributed by atoms with Crippen molar-refractivity contribution in [2.24, 2.45) is 0 Å². The van der Waals surface area contributed by atoms with Crippen molar-refractivity contribution < 1.29 is 14.6 Å². The fourth-order valence-corrected chi connectivity index (χ4v) is 3.39. The van der Waals surface area contributed by atoms with E-state index in [1.165, 1.54) is 97.0 Å². The Morgan fingerprint density at radius 3 is 1.42 bits per heavy atom. The third-order valence-corrected chi connectivity index (χ3v) is 5.08. The van der Waals surface area contributed by atoms with Crippen LogP contribution in [0.4, 0.5) is 4.79 Å². The Hall–Kier alpha value is -0.770. The summed E-state index contributed by atoms with van der Waals surface area (Å²) in [5.41, 5.74) is 0. The molecule has 26 heavy (non-hydrogen) atoms. The van der Waals surface area contributed by atoms with Gasteiger partial charge >= 0.3 is 6.09 Å². The van der Waals surface area contributed by atoms with Gasteiger partial charge in [-0.2, -0.15) is 0 Å². The maximum atomic E-state index is 11.5. The van der Waals surface area contributed by atoms with Crippen LogP contribution < -0.4 is 0 Å². The van der Waals surface area contributed by atoms with E-state index in [-0.39, 0.29) is 12.7 Å². The fourth-order valence-electron chi connectivity index (χ4n) is 3.39. The Balaban J connectivity index is 3.25. The molecule has 0 rings (SSSR count). The van der Waals surface area contributed by atoms with Crippen molar-refractivity contribution in [1.29, 1.82) is 0 Å². The summed E-state index contributed by atoms with van der Waals surface area (Å²) < 4.78 is 4.72. The molecule has 0 fully saturated rings. The number of methoxy groups -OCH3 is 1. The van der Waals surface area contributed by atoms with Gasteiger partial charge in [0.15, 0.2) is 0 Å². The summed E-state index contributed by atoms with van der Waals surface area (Å²) in [6.07, 6.45) is 21.2. The second-order valence-electron chi connectivity index (χ2n) is 7.48. The minimum Gasteiger partial charge on any atom is -0.453 e. The van der Waals surface area contributed by atoms with Gasteiger partial charge in [0.2, 0.25) is 0 Å². The lowest BCUT2D eigenvalue weighted by Crippen LogP contribution is -2.34. The number of carbonyl (C=O) groups is 1. The Labute approximate surface area is 162 Å². The normalized spacial score (nSPS) is 10.9. The molecule has 0 saturated heterocycles. The monoisotopic (exact) mass is 371 g/mol. The molecule has 0 aromatic heterocycles. The van der Waals surface area contributed by atoms with Gasteiger partial charge in [-0.3, -0.25) is 0 Å². The molecule has 0 aromatic carbocycles. The summed E-state index contributed by atoms with van der Waals surface area (Å²) in [4.78, 5) is 13.1. The number of aliphatic hydroxyl groups excluding tert-OH is 1. The molecule has 1 amide bonds. The van der Waals surface area contributed by atoms with E-state index in [1.54, 1.807) is 4.90 Å². The molecular formula is C22H45NO3. The molecule has 4 nitrogen and oxygen atoms in total. The summed E-state index contributed by atoms with van der Waals surface area (Å²) in [6, 6.07) is 0. The van der Waals surface area contributed by atoms with Gasteiger partial charge in [-0.05, 0) is 6.42 Å². The number of carbonyl (C=O) groups excluding carboxylic acids is 1. The zero-order valence-corrected chi connectivity index (χ0v) is 17.6. The van der Waals surface area contributed by atoms with E-state index in [0.717, 1.165) is 12.8 Å². The topological polar surface area (TPSA) is 49.8 Å². The van der Waals surface area contributed by atoms with Crippen LogP contribution in [0.1, 0.15) is 110 Å². The molecule has 156 valence electrons. The van der Waals surface area contributed by atoms with Crippen molar-refractivity contribution in [2.45, 2.75) is 110 Å². The first kappa shape index (κ1) is 25.2. The lowest BCUT2D eigenvalue weighted by atomic mass is 10.0. The van der Waals surface area contributed by atoms with Gasteiger partial charge in [0, 0.05) is 13.1 Å². The first-order chi connectivity index (χ1) is 12.8. The van der Waals surface area contributed by atoms with E-state index < -0.39 is 0 Å². The van der Waals surface area contributed by atoms with E-state index in [4.69, 9.17) is 9.84 Å². The molecule has 0 bridgehead atoms. The predicted octanol–water partition coefficient (Wildman–Crippen LogP) is 6.31. The van der Waals surface area contributed by atoms with Crippen molar-refractivity contribution >= 4 is 6.09 Å². The standard InChI is InChI=1S/C22H45NO3/c1-3-4-5-6-7-8-9-10-11-12-13-14-15-16-17-18-19-23(20-21-24)22(25)26-2/h24H,3-21H2,1-2H3. The highest BCUT2D eigenvalue weighted by molar-refractivity contribution is 5.67. The van der Waals surface area contributed by atoms with Crippen LogP contribution in [0.3, 0.4) is 0 Å². The molecule has 0 unspecified atom stereocenters. The van der Waals surface area contributed by atoms with E-state index in [2.05, 4.69) is 6.92 Å². The van der Waals surface area contributed by atoms with Gasteiger partial charge in [-0.15, -0.1) is 0 Å². The number of rotatable bonds is 19. The zero-order valence-electron chi connectivity index (χ0n) is 17.6. The Morgan fingerprint density at radius 1 is 0.692 bits per heavy atom. The number of nitrogens with zero attached hydrogens (tertiary/aromatic N) is 1. The summed E-state index contributed by atoms with van der Waals surface area (Å²) in [6.45, 7) is 3.32. The third kappa shape index (κ3) is 16.7. The minimum absolute atomic E-state index is 0.00599. The van der Waals surface area contributed by atoms with Gasteiger partial charge in [-0.25, -0.2) is 4.79 Å². The molecule has 0 aromatic rings. The fraction of sp³-hybridized carbons (Fsp3) is 0.955. The summed E-state index contributed by atoms with van der Waals surface area (Å²) in [7, 11) is 1.39. The van der Waals surface area contributed by atoms with Gasteiger partial charge in [-0.1, -0.05) is 103 Å². The van der Waals surface area contributed by atoms with Crippen molar-refractivity contribution in [1.82, 2.24) is 4.90 Å². The van der Waals surface area contributed by atoms with Crippen LogP contribution in [0.25, 0.3) is 0 Å². The quantitative estimate of drug-likeness (QED) is 0.271. The molecule has 1 N–H and O–H groups in total. The van der Waals surface area contributed by atoms with Gasteiger partial charge in [0.25, 0.3) is 0 Å². The van der Waals surface area contributed by atoms with E-state index in [9.17, 15) is 4.79 Å². The molecule has 0 saturated carbocycles. The smallest absolute Gasteiger partial charge is 0.409 e. The number of unbranched alkanes of at least 4 members (excludes halogenated alkanes) is 15. The van der Waals surface area contributed by atoms with Crippen LogP contribution >= 0.6 is 0 Å². The van der Waals surface area contributed by atoms with E-state index in [0.29, 0.717) is 13.1 Å².